The summed E-state index contributed by atoms with van der Waals surface area (Å²) < 4.78 is 10.8. The van der Waals surface area contributed by atoms with Gasteiger partial charge in [0.1, 0.15) is 0 Å². The molecule has 0 aliphatic rings. The van der Waals surface area contributed by atoms with Crippen molar-refractivity contribution in [2.45, 2.75) is 12.5 Å². The second-order valence-electron chi connectivity index (χ2n) is 3.60. The zero-order valence-electron chi connectivity index (χ0n) is 10.1. The predicted molar refractivity (Wildman–Crippen MR) is 65.7 cm³/mol. The molecule has 0 bridgehead atoms. The van der Waals surface area contributed by atoms with Crippen LogP contribution in [-0.4, -0.2) is 27.3 Å². The van der Waals surface area contributed by atoms with Gasteiger partial charge in [0.2, 0.25) is 5.82 Å². The molecule has 0 amide bonds. The average Bonchev–Trinajstić information content (AvgIpc) is 2.81. The van der Waals surface area contributed by atoms with E-state index >= 15 is 0 Å². The molecule has 0 aliphatic heterocycles. The van der Waals surface area contributed by atoms with E-state index in [0.717, 1.165) is 5.56 Å². The van der Waals surface area contributed by atoms with Crippen molar-refractivity contribution in [1.82, 2.24) is 20.2 Å². The van der Waals surface area contributed by atoms with Gasteiger partial charge in [-0.2, -0.15) is 4.80 Å². The van der Waals surface area contributed by atoms with Gasteiger partial charge in [0, 0.05) is 5.88 Å². The molecule has 0 radical (unpaired) electrons. The summed E-state index contributed by atoms with van der Waals surface area (Å²) in [5.74, 6) is 2.19. The molecule has 0 aliphatic carbocycles. The molecule has 1 aromatic carbocycles. The Kier molecular flexibility index (Phi) is 3.99. The van der Waals surface area contributed by atoms with Crippen molar-refractivity contribution >= 4 is 11.6 Å². The third kappa shape index (κ3) is 2.89. The van der Waals surface area contributed by atoms with Gasteiger partial charge in [0.25, 0.3) is 0 Å². The van der Waals surface area contributed by atoms with E-state index in [1.54, 1.807) is 14.2 Å². The van der Waals surface area contributed by atoms with E-state index in [1.807, 2.05) is 18.2 Å². The van der Waals surface area contributed by atoms with Crippen molar-refractivity contribution in [3.63, 3.8) is 0 Å². The number of hydrogen-bond acceptors (Lipinski definition) is 5. The molecule has 1 aromatic heterocycles. The lowest BCUT2D eigenvalue weighted by atomic mass is 10.2. The maximum absolute atomic E-state index is 5.78. The molecule has 18 heavy (non-hydrogen) atoms. The number of ether oxygens (including phenoxy) is 2. The molecular formula is C11H13ClN4O2. The van der Waals surface area contributed by atoms with Crippen LogP contribution in [-0.2, 0) is 19.5 Å². The van der Waals surface area contributed by atoms with Gasteiger partial charge in [0.05, 0.1) is 14.2 Å². The van der Waals surface area contributed by atoms with Crippen molar-refractivity contribution in [2.75, 3.05) is 7.11 Å². The number of benzene rings is 1. The smallest absolute Gasteiger partial charge is 0.212 e. The number of halogens is 1. The minimum absolute atomic E-state index is 0.232. The minimum atomic E-state index is 0.232. The summed E-state index contributed by atoms with van der Waals surface area (Å²) in [4.78, 5) is 1.38. The Labute approximate surface area is 109 Å². The minimum Gasteiger partial charge on any atom is -0.493 e. The molecule has 0 saturated heterocycles. The first-order valence-electron chi connectivity index (χ1n) is 5.31. The Morgan fingerprint density at radius 1 is 1.33 bits per heavy atom. The first kappa shape index (κ1) is 12.6. The number of alkyl halides is 1. The molecule has 0 spiro atoms. The van der Waals surface area contributed by atoms with Crippen LogP contribution in [0.5, 0.6) is 11.5 Å². The quantitative estimate of drug-likeness (QED) is 0.770. The van der Waals surface area contributed by atoms with Gasteiger partial charge >= 0.3 is 0 Å². The summed E-state index contributed by atoms with van der Waals surface area (Å²) in [6, 6.07) is 5.54. The van der Waals surface area contributed by atoms with Crippen LogP contribution in [0.3, 0.4) is 0 Å². The van der Waals surface area contributed by atoms with Crippen molar-refractivity contribution < 1.29 is 9.47 Å². The molecule has 2 rings (SSSR count). The third-order valence-electron chi connectivity index (χ3n) is 2.29. The highest BCUT2D eigenvalue weighted by molar-refractivity contribution is 6.17. The highest BCUT2D eigenvalue weighted by Gasteiger charge is 2.08. The van der Waals surface area contributed by atoms with Gasteiger partial charge in [-0.15, -0.1) is 21.8 Å². The highest BCUT2D eigenvalue weighted by atomic mass is 35.5. The summed E-state index contributed by atoms with van der Waals surface area (Å²) in [6.07, 6.45) is 0. The monoisotopic (exact) mass is 268 g/mol. The molecule has 96 valence electrons. The van der Waals surface area contributed by atoms with E-state index in [0.29, 0.717) is 23.2 Å². The third-order valence-corrected chi connectivity index (χ3v) is 2.60. The topological polar surface area (TPSA) is 62.1 Å². The summed E-state index contributed by atoms with van der Waals surface area (Å²) in [7, 11) is 3.29. The van der Waals surface area contributed by atoms with Crippen LogP contribution in [0.2, 0.25) is 0 Å². The van der Waals surface area contributed by atoms with Crippen LogP contribution in [0.25, 0.3) is 0 Å². The van der Waals surface area contributed by atoms with Crippen LogP contribution < -0.4 is 9.47 Å². The van der Waals surface area contributed by atoms with E-state index in [9.17, 15) is 0 Å². The van der Waals surface area contributed by atoms with Gasteiger partial charge in [0.15, 0.2) is 18.1 Å². The largest absolute Gasteiger partial charge is 0.493 e. The van der Waals surface area contributed by atoms with Crippen molar-refractivity contribution in [3.8, 4) is 11.5 Å². The van der Waals surface area contributed by atoms with Gasteiger partial charge in [-0.1, -0.05) is 6.07 Å². The summed E-state index contributed by atoms with van der Waals surface area (Å²) in [5.41, 5.74) is 0.958. The van der Waals surface area contributed by atoms with Crippen LogP contribution in [0.1, 0.15) is 11.4 Å². The fourth-order valence-electron chi connectivity index (χ4n) is 1.44. The molecular weight excluding hydrogens is 256 g/mol. The Morgan fingerprint density at radius 2 is 2.17 bits per heavy atom. The number of aryl methyl sites for hydroxylation is 1. The summed E-state index contributed by atoms with van der Waals surface area (Å²) in [6.45, 7) is 0.232. The molecule has 0 N–H and O–H groups in total. The Hall–Kier alpha value is -1.82. The summed E-state index contributed by atoms with van der Waals surface area (Å²) >= 11 is 5.78. The van der Waals surface area contributed by atoms with Crippen LogP contribution >= 0.6 is 11.6 Å². The molecule has 2 aromatic rings. The van der Waals surface area contributed by atoms with Crippen molar-refractivity contribution in [2.24, 2.45) is 7.05 Å². The number of nitrogens with zero attached hydrogens (tertiary/aromatic N) is 4. The number of hydrogen-bond donors (Lipinski definition) is 0. The maximum Gasteiger partial charge on any atom is 0.212 e. The SMILES string of the molecule is COc1ccc(CCl)cc1OCc1nnn(C)n1. The average molecular weight is 269 g/mol. The first-order chi connectivity index (χ1) is 8.72. The lowest BCUT2D eigenvalue weighted by Crippen LogP contribution is -2.01. The van der Waals surface area contributed by atoms with E-state index in [-0.39, 0.29) is 6.61 Å². The zero-order chi connectivity index (χ0) is 13.0. The van der Waals surface area contributed by atoms with Crippen LogP contribution in [0.15, 0.2) is 18.2 Å². The second kappa shape index (κ2) is 5.68. The highest BCUT2D eigenvalue weighted by Crippen LogP contribution is 2.29. The van der Waals surface area contributed by atoms with E-state index in [2.05, 4.69) is 15.4 Å². The van der Waals surface area contributed by atoms with E-state index in [1.165, 1.54) is 4.80 Å². The number of tetrazole rings is 1. The van der Waals surface area contributed by atoms with Crippen molar-refractivity contribution in [3.05, 3.63) is 29.6 Å². The van der Waals surface area contributed by atoms with E-state index < -0.39 is 0 Å². The Bertz CT molecular complexity index is 530. The van der Waals surface area contributed by atoms with Crippen LogP contribution in [0, 0.1) is 0 Å². The van der Waals surface area contributed by atoms with E-state index in [4.69, 9.17) is 21.1 Å². The molecule has 0 saturated carbocycles. The summed E-state index contributed by atoms with van der Waals surface area (Å²) in [5, 5.41) is 11.6. The second-order valence-corrected chi connectivity index (χ2v) is 3.87. The van der Waals surface area contributed by atoms with Gasteiger partial charge in [-0.25, -0.2) is 0 Å². The van der Waals surface area contributed by atoms with Gasteiger partial charge in [-0.05, 0) is 22.9 Å². The number of methoxy groups -OCH3 is 1. The standard InChI is InChI=1S/C11H13ClN4O2/c1-16-14-11(13-15-16)7-18-10-5-8(6-12)3-4-9(10)17-2/h3-5H,6-7H2,1-2H3. The predicted octanol–water partition coefficient (Wildman–Crippen LogP) is 1.54. The zero-order valence-corrected chi connectivity index (χ0v) is 10.9. The normalized spacial score (nSPS) is 10.4. The van der Waals surface area contributed by atoms with Gasteiger partial charge < -0.3 is 9.47 Å². The van der Waals surface area contributed by atoms with Crippen LogP contribution in [0.4, 0.5) is 0 Å². The number of rotatable bonds is 5. The lowest BCUT2D eigenvalue weighted by molar-refractivity contribution is 0.275. The van der Waals surface area contributed by atoms with Crippen molar-refractivity contribution in [1.29, 1.82) is 0 Å². The molecule has 1 heterocycles. The Balaban J connectivity index is 2.11. The molecule has 0 unspecified atom stereocenters. The molecule has 6 nitrogen and oxygen atoms in total. The van der Waals surface area contributed by atoms with Gasteiger partial charge in [-0.3, -0.25) is 0 Å². The molecule has 0 fully saturated rings. The molecule has 0 atom stereocenters. The lowest BCUT2D eigenvalue weighted by Gasteiger charge is -2.10. The first-order valence-corrected chi connectivity index (χ1v) is 5.85. The fourth-order valence-corrected chi connectivity index (χ4v) is 1.61. The fraction of sp³-hybridized carbons (Fsp3) is 0.364. The molecule has 7 heteroatoms. The number of aromatic nitrogens is 4. The Morgan fingerprint density at radius 3 is 2.78 bits per heavy atom. The maximum atomic E-state index is 5.78.